The molecule has 0 spiro atoms. The van der Waals surface area contributed by atoms with E-state index in [4.69, 9.17) is 11.6 Å². The van der Waals surface area contributed by atoms with Crippen molar-refractivity contribution in [1.82, 2.24) is 4.98 Å². The summed E-state index contributed by atoms with van der Waals surface area (Å²) in [5, 5.41) is 3.25. The van der Waals surface area contributed by atoms with Gasteiger partial charge in [-0.05, 0) is 36.2 Å². The maximum absolute atomic E-state index is 11.9. The molecule has 3 nitrogen and oxygen atoms in total. The highest BCUT2D eigenvalue weighted by Crippen LogP contribution is 2.17. The zero-order valence-electron chi connectivity index (χ0n) is 10.3. The summed E-state index contributed by atoms with van der Waals surface area (Å²) < 4.78 is 0.960. The summed E-state index contributed by atoms with van der Waals surface area (Å²) in [6.07, 6.45) is 1.89. The average Bonchev–Trinajstić information content (AvgIpc) is 2.33. The number of aryl methyl sites for hydroxylation is 1. The van der Waals surface area contributed by atoms with Crippen LogP contribution in [0.25, 0.3) is 0 Å². The Labute approximate surface area is 125 Å². The Morgan fingerprint density at radius 2 is 2.21 bits per heavy atom. The predicted molar refractivity (Wildman–Crippen MR) is 80.5 cm³/mol. The van der Waals surface area contributed by atoms with Gasteiger partial charge in [0.15, 0.2) is 0 Å². The molecule has 0 unspecified atom stereocenters. The highest BCUT2D eigenvalue weighted by Gasteiger charge is 2.07. The zero-order chi connectivity index (χ0) is 13.8. The van der Waals surface area contributed by atoms with Crippen LogP contribution < -0.4 is 5.32 Å². The fraction of sp³-hybridized carbons (Fsp3) is 0.143. The van der Waals surface area contributed by atoms with Crippen LogP contribution in [0.5, 0.6) is 0 Å². The number of carbonyl (C=O) groups excluding carboxylic acids is 1. The maximum atomic E-state index is 11.9. The highest BCUT2D eigenvalue weighted by molar-refractivity contribution is 9.10. The number of amides is 1. The smallest absolute Gasteiger partial charge is 0.228 e. The van der Waals surface area contributed by atoms with Gasteiger partial charge in [0.1, 0.15) is 5.15 Å². The first kappa shape index (κ1) is 14.0. The number of rotatable bonds is 3. The van der Waals surface area contributed by atoms with E-state index in [2.05, 4.69) is 26.2 Å². The van der Waals surface area contributed by atoms with Crippen molar-refractivity contribution in [2.24, 2.45) is 0 Å². The van der Waals surface area contributed by atoms with Crippen LogP contribution in [0.1, 0.15) is 11.1 Å². The van der Waals surface area contributed by atoms with E-state index in [0.29, 0.717) is 17.3 Å². The van der Waals surface area contributed by atoms with Gasteiger partial charge in [0.05, 0.1) is 18.3 Å². The molecule has 1 aromatic carbocycles. The van der Waals surface area contributed by atoms with Gasteiger partial charge in [-0.3, -0.25) is 4.79 Å². The number of pyridine rings is 1. The van der Waals surface area contributed by atoms with Crippen LogP contribution in [0.3, 0.4) is 0 Å². The molecule has 0 aliphatic rings. The third-order valence-corrected chi connectivity index (χ3v) is 3.31. The minimum Gasteiger partial charge on any atom is -0.324 e. The Morgan fingerprint density at radius 3 is 2.89 bits per heavy atom. The SMILES string of the molecule is Cc1cc(Cl)ncc1NC(=O)Cc1cccc(Br)c1. The van der Waals surface area contributed by atoms with E-state index in [1.165, 1.54) is 0 Å². The topological polar surface area (TPSA) is 42.0 Å². The van der Waals surface area contributed by atoms with Crippen molar-refractivity contribution in [1.29, 1.82) is 0 Å². The van der Waals surface area contributed by atoms with Gasteiger partial charge < -0.3 is 5.32 Å². The van der Waals surface area contributed by atoms with Crippen molar-refractivity contribution < 1.29 is 4.79 Å². The number of hydrogen-bond donors (Lipinski definition) is 1. The van der Waals surface area contributed by atoms with Gasteiger partial charge in [-0.15, -0.1) is 0 Å². The zero-order valence-corrected chi connectivity index (χ0v) is 12.6. The third kappa shape index (κ3) is 4.04. The van der Waals surface area contributed by atoms with Gasteiger partial charge in [0, 0.05) is 4.47 Å². The first-order valence-corrected chi connectivity index (χ1v) is 6.88. The minimum atomic E-state index is -0.0784. The first-order valence-electron chi connectivity index (χ1n) is 5.71. The summed E-state index contributed by atoms with van der Waals surface area (Å²) in [5.41, 5.74) is 2.53. The predicted octanol–water partition coefficient (Wildman–Crippen LogP) is 3.99. The number of hydrogen-bond acceptors (Lipinski definition) is 2. The average molecular weight is 340 g/mol. The lowest BCUT2D eigenvalue weighted by Crippen LogP contribution is -2.15. The largest absolute Gasteiger partial charge is 0.324 e. The first-order chi connectivity index (χ1) is 9.04. The van der Waals surface area contributed by atoms with Gasteiger partial charge in [-0.1, -0.05) is 39.7 Å². The van der Waals surface area contributed by atoms with E-state index in [-0.39, 0.29) is 5.91 Å². The Balaban J connectivity index is 2.05. The number of nitrogens with one attached hydrogen (secondary N) is 1. The van der Waals surface area contributed by atoms with Gasteiger partial charge in [-0.25, -0.2) is 4.98 Å². The van der Waals surface area contributed by atoms with Crippen molar-refractivity contribution in [3.05, 3.63) is 57.3 Å². The fourth-order valence-electron chi connectivity index (χ4n) is 1.68. The van der Waals surface area contributed by atoms with E-state index in [0.717, 1.165) is 15.6 Å². The maximum Gasteiger partial charge on any atom is 0.228 e. The lowest BCUT2D eigenvalue weighted by molar-refractivity contribution is -0.115. The standard InChI is InChI=1S/C14H12BrClN2O/c1-9-5-13(16)17-8-12(9)18-14(19)7-10-3-2-4-11(15)6-10/h2-6,8H,7H2,1H3,(H,18,19). The summed E-state index contributed by atoms with van der Waals surface area (Å²) in [5.74, 6) is -0.0784. The van der Waals surface area contributed by atoms with Crippen LogP contribution in [0.2, 0.25) is 5.15 Å². The monoisotopic (exact) mass is 338 g/mol. The Bertz CT molecular complexity index is 616. The highest BCUT2D eigenvalue weighted by atomic mass is 79.9. The molecule has 2 rings (SSSR count). The van der Waals surface area contributed by atoms with Gasteiger partial charge in [-0.2, -0.15) is 0 Å². The minimum absolute atomic E-state index is 0.0784. The number of anilines is 1. The fourth-order valence-corrected chi connectivity index (χ4v) is 2.34. The quantitative estimate of drug-likeness (QED) is 0.859. The Kier molecular flexibility index (Phi) is 4.56. The van der Waals surface area contributed by atoms with Crippen LogP contribution in [0.4, 0.5) is 5.69 Å². The van der Waals surface area contributed by atoms with Crippen LogP contribution >= 0.6 is 27.5 Å². The molecule has 2 aromatic rings. The van der Waals surface area contributed by atoms with Gasteiger partial charge in [0.25, 0.3) is 0 Å². The van der Waals surface area contributed by atoms with Crippen LogP contribution in [-0.4, -0.2) is 10.9 Å². The Hall–Kier alpha value is -1.39. The molecule has 1 N–H and O–H groups in total. The molecule has 0 aliphatic heterocycles. The molecule has 0 radical (unpaired) electrons. The molecule has 0 saturated heterocycles. The molecular weight excluding hydrogens is 328 g/mol. The van der Waals surface area contributed by atoms with Crippen LogP contribution in [0, 0.1) is 6.92 Å². The second kappa shape index (κ2) is 6.17. The molecule has 0 fully saturated rings. The van der Waals surface area contributed by atoms with Crippen molar-refractivity contribution >= 4 is 39.1 Å². The molecule has 5 heteroatoms. The second-order valence-electron chi connectivity index (χ2n) is 4.18. The number of benzene rings is 1. The summed E-state index contributed by atoms with van der Waals surface area (Å²) in [4.78, 5) is 15.9. The molecule has 1 aromatic heterocycles. The van der Waals surface area contributed by atoms with Crippen molar-refractivity contribution in [2.45, 2.75) is 13.3 Å². The van der Waals surface area contributed by atoms with E-state index >= 15 is 0 Å². The van der Waals surface area contributed by atoms with E-state index in [1.54, 1.807) is 12.3 Å². The molecule has 98 valence electrons. The molecule has 19 heavy (non-hydrogen) atoms. The number of aromatic nitrogens is 1. The van der Waals surface area contributed by atoms with Crippen molar-refractivity contribution in [3.8, 4) is 0 Å². The molecule has 0 aliphatic carbocycles. The number of halogens is 2. The molecule has 0 bridgehead atoms. The van der Waals surface area contributed by atoms with Gasteiger partial charge >= 0.3 is 0 Å². The third-order valence-electron chi connectivity index (χ3n) is 2.61. The normalized spacial score (nSPS) is 10.3. The van der Waals surface area contributed by atoms with Crippen molar-refractivity contribution in [3.63, 3.8) is 0 Å². The van der Waals surface area contributed by atoms with Gasteiger partial charge in [0.2, 0.25) is 5.91 Å². The second-order valence-corrected chi connectivity index (χ2v) is 5.48. The van der Waals surface area contributed by atoms with Crippen LogP contribution in [0.15, 0.2) is 41.0 Å². The Morgan fingerprint density at radius 1 is 1.42 bits per heavy atom. The molecule has 0 atom stereocenters. The van der Waals surface area contributed by atoms with Crippen LogP contribution in [-0.2, 0) is 11.2 Å². The molecule has 0 saturated carbocycles. The summed E-state index contributed by atoms with van der Waals surface area (Å²) in [6.45, 7) is 1.88. The van der Waals surface area contributed by atoms with E-state index in [9.17, 15) is 4.79 Å². The number of carbonyl (C=O) groups is 1. The van der Waals surface area contributed by atoms with Crippen molar-refractivity contribution in [2.75, 3.05) is 5.32 Å². The number of nitrogens with zero attached hydrogens (tertiary/aromatic N) is 1. The molecular formula is C14H12BrClN2O. The van der Waals surface area contributed by atoms with E-state index < -0.39 is 0 Å². The summed E-state index contributed by atoms with van der Waals surface area (Å²) >= 11 is 9.15. The van der Waals surface area contributed by atoms with E-state index in [1.807, 2.05) is 31.2 Å². The lowest BCUT2D eigenvalue weighted by atomic mass is 10.1. The summed E-state index contributed by atoms with van der Waals surface area (Å²) in [7, 11) is 0. The molecule has 1 heterocycles. The lowest BCUT2D eigenvalue weighted by Gasteiger charge is -2.08. The molecule has 1 amide bonds. The summed E-state index contributed by atoms with van der Waals surface area (Å²) in [6, 6.07) is 9.39.